The van der Waals surface area contributed by atoms with E-state index in [1.807, 2.05) is 0 Å². The van der Waals surface area contributed by atoms with Crippen LogP contribution < -0.4 is 9.13 Å². The average Bonchev–Trinajstić information content (AvgIpc) is 2.84. The smallest absolute Gasteiger partial charge is 0.198 e. The first kappa shape index (κ1) is 18.1. The number of pyridine rings is 2. The van der Waals surface area contributed by atoms with Crippen molar-refractivity contribution in [2.75, 3.05) is 0 Å². The molecule has 0 radical (unpaired) electrons. The minimum absolute atomic E-state index is 1.04. The lowest BCUT2D eigenvalue weighted by Crippen LogP contribution is -2.41. The highest BCUT2D eigenvalue weighted by Gasteiger charge is 2.34. The third-order valence-electron chi connectivity index (χ3n) is 7.44. The van der Waals surface area contributed by atoms with Gasteiger partial charge in [0.2, 0.25) is 11.4 Å². The summed E-state index contributed by atoms with van der Waals surface area (Å²) in [5, 5.41) is 5.37. The Morgan fingerprint density at radius 2 is 1.06 bits per heavy atom. The van der Waals surface area contributed by atoms with Crippen LogP contribution in [-0.2, 0) is 25.9 Å². The first-order chi connectivity index (χ1) is 15.9. The zero-order valence-corrected chi connectivity index (χ0v) is 18.2. The van der Waals surface area contributed by atoms with E-state index in [0.29, 0.717) is 0 Å². The van der Waals surface area contributed by atoms with Crippen LogP contribution in [0.25, 0.3) is 44.1 Å². The second-order valence-electron chi connectivity index (χ2n) is 9.23. The van der Waals surface area contributed by atoms with Crippen molar-refractivity contribution in [2.45, 2.75) is 38.8 Å². The molecule has 4 heterocycles. The third kappa shape index (κ3) is 2.59. The molecule has 0 atom stereocenters. The fraction of sp³-hybridized carbons (Fsp3) is 0.200. The monoisotopic (exact) mass is 414 g/mol. The van der Waals surface area contributed by atoms with Crippen LogP contribution >= 0.6 is 0 Å². The van der Waals surface area contributed by atoms with Gasteiger partial charge in [-0.2, -0.15) is 9.13 Å². The zero-order valence-electron chi connectivity index (χ0n) is 18.2. The highest BCUT2D eigenvalue weighted by atomic mass is 15.0. The van der Waals surface area contributed by atoms with Crippen molar-refractivity contribution in [3.63, 3.8) is 0 Å². The van der Waals surface area contributed by atoms with E-state index in [4.69, 9.17) is 0 Å². The average molecular weight is 415 g/mol. The maximum atomic E-state index is 2.52. The zero-order chi connectivity index (χ0) is 21.1. The highest BCUT2D eigenvalue weighted by Crippen LogP contribution is 2.42. The van der Waals surface area contributed by atoms with Crippen molar-refractivity contribution in [3.05, 3.63) is 96.3 Å². The van der Waals surface area contributed by atoms with E-state index in [9.17, 15) is 0 Å². The fourth-order valence-electron chi connectivity index (χ4n) is 5.93. The Hall–Kier alpha value is -3.52. The van der Waals surface area contributed by atoms with Crippen molar-refractivity contribution in [2.24, 2.45) is 0 Å². The predicted octanol–water partition coefficient (Wildman–Crippen LogP) is 5.79. The Morgan fingerprint density at radius 1 is 0.500 bits per heavy atom. The molecule has 2 aliphatic rings. The molecule has 0 N–H and O–H groups in total. The van der Waals surface area contributed by atoms with E-state index in [-0.39, 0.29) is 0 Å². The van der Waals surface area contributed by atoms with Crippen molar-refractivity contribution in [3.8, 4) is 22.5 Å². The molecule has 32 heavy (non-hydrogen) atoms. The number of hydrogen-bond acceptors (Lipinski definition) is 0. The molecule has 0 amide bonds. The lowest BCUT2D eigenvalue weighted by molar-refractivity contribution is -0.687. The minimum Gasteiger partial charge on any atom is -0.198 e. The Balaban J connectivity index is 1.67. The number of benzene rings is 3. The van der Waals surface area contributed by atoms with Crippen LogP contribution in [0.1, 0.15) is 24.0 Å². The summed E-state index contributed by atoms with van der Waals surface area (Å²) in [6.07, 6.45) is 9.30. The van der Waals surface area contributed by atoms with Gasteiger partial charge in [0.05, 0.1) is 21.9 Å². The van der Waals surface area contributed by atoms with E-state index in [1.165, 1.54) is 68.0 Å². The van der Waals surface area contributed by atoms with Crippen LogP contribution in [0.5, 0.6) is 0 Å². The molecule has 0 unspecified atom stereocenters. The van der Waals surface area contributed by atoms with Crippen LogP contribution in [0.15, 0.2) is 85.2 Å². The molecule has 0 saturated heterocycles. The summed E-state index contributed by atoms with van der Waals surface area (Å²) >= 11 is 0. The molecule has 0 fully saturated rings. The van der Waals surface area contributed by atoms with Crippen molar-refractivity contribution >= 4 is 21.5 Å². The molecule has 2 heteroatoms. The number of aryl methyl sites for hydroxylation is 4. The van der Waals surface area contributed by atoms with Crippen molar-refractivity contribution in [1.82, 2.24) is 0 Å². The predicted molar refractivity (Wildman–Crippen MR) is 129 cm³/mol. The molecule has 7 rings (SSSR count). The Bertz CT molecular complexity index is 1530. The van der Waals surface area contributed by atoms with Gasteiger partial charge in [-0.25, -0.2) is 0 Å². The highest BCUT2D eigenvalue weighted by molar-refractivity contribution is 6.02. The molecule has 0 bridgehead atoms. The third-order valence-corrected chi connectivity index (χ3v) is 7.44. The van der Waals surface area contributed by atoms with Crippen LogP contribution in [-0.4, -0.2) is 0 Å². The SMILES string of the molecule is c1ccc2c3[n+](ccc2c1)CCCCc1ccc2c(c1-3)-c1c3ccccc3cc[n+]1CC2. The van der Waals surface area contributed by atoms with E-state index < -0.39 is 0 Å². The Morgan fingerprint density at radius 3 is 1.72 bits per heavy atom. The summed E-state index contributed by atoms with van der Waals surface area (Å²) < 4.78 is 5.00. The lowest BCUT2D eigenvalue weighted by Gasteiger charge is -2.23. The molecular weight excluding hydrogens is 388 g/mol. The van der Waals surface area contributed by atoms with Gasteiger partial charge < -0.3 is 0 Å². The topological polar surface area (TPSA) is 7.76 Å². The Kier molecular flexibility index (Phi) is 3.96. The van der Waals surface area contributed by atoms with Gasteiger partial charge in [-0.3, -0.25) is 0 Å². The summed E-state index contributed by atoms with van der Waals surface area (Å²) in [6, 6.07) is 27.2. The summed E-state index contributed by atoms with van der Waals surface area (Å²) in [5.74, 6) is 0. The molecule has 5 aromatic rings. The van der Waals surface area contributed by atoms with Crippen molar-refractivity contribution < 1.29 is 9.13 Å². The summed E-state index contributed by atoms with van der Waals surface area (Å²) in [5.41, 5.74) is 8.69. The van der Waals surface area contributed by atoms with Gasteiger partial charge in [0.25, 0.3) is 0 Å². The largest absolute Gasteiger partial charge is 0.221 e. The van der Waals surface area contributed by atoms with Crippen LogP contribution in [0.2, 0.25) is 0 Å². The maximum absolute atomic E-state index is 2.52. The van der Waals surface area contributed by atoms with Crippen LogP contribution in [0.3, 0.4) is 0 Å². The summed E-state index contributed by atoms with van der Waals surface area (Å²) in [4.78, 5) is 0. The van der Waals surface area contributed by atoms with E-state index in [1.54, 1.807) is 0 Å². The van der Waals surface area contributed by atoms with E-state index in [2.05, 4.69) is 94.3 Å². The number of aromatic nitrogens is 2. The number of nitrogens with zero attached hydrogens (tertiary/aromatic N) is 2. The van der Waals surface area contributed by atoms with Crippen LogP contribution in [0.4, 0.5) is 0 Å². The normalized spacial score (nSPS) is 14.8. The molecule has 2 aliphatic heterocycles. The van der Waals surface area contributed by atoms with E-state index >= 15 is 0 Å². The maximum Gasteiger partial charge on any atom is 0.221 e. The van der Waals surface area contributed by atoms with E-state index in [0.717, 1.165) is 25.9 Å². The first-order valence-corrected chi connectivity index (χ1v) is 11.9. The molecule has 0 aliphatic carbocycles. The number of rotatable bonds is 0. The van der Waals surface area contributed by atoms with Gasteiger partial charge in [0.1, 0.15) is 6.54 Å². The first-order valence-electron chi connectivity index (χ1n) is 11.9. The van der Waals surface area contributed by atoms with Gasteiger partial charge in [-0.1, -0.05) is 48.5 Å². The molecule has 3 aromatic carbocycles. The molecule has 2 nitrogen and oxygen atoms in total. The van der Waals surface area contributed by atoms with Crippen molar-refractivity contribution in [1.29, 1.82) is 0 Å². The lowest BCUT2D eigenvalue weighted by atomic mass is 9.83. The van der Waals surface area contributed by atoms with Gasteiger partial charge in [-0.15, -0.1) is 0 Å². The minimum atomic E-state index is 1.04. The number of fused-ring (bicyclic) bond motifs is 11. The molecular formula is C30H26N2+2. The van der Waals surface area contributed by atoms with Gasteiger partial charge in [0.15, 0.2) is 18.9 Å². The van der Waals surface area contributed by atoms with Gasteiger partial charge >= 0.3 is 0 Å². The molecule has 154 valence electrons. The Labute approximate surface area is 188 Å². The second-order valence-corrected chi connectivity index (χ2v) is 9.23. The van der Waals surface area contributed by atoms with Crippen LogP contribution in [0, 0.1) is 0 Å². The quantitative estimate of drug-likeness (QED) is 0.283. The van der Waals surface area contributed by atoms with Gasteiger partial charge in [0, 0.05) is 25.0 Å². The molecule has 0 spiro atoms. The summed E-state index contributed by atoms with van der Waals surface area (Å²) in [6.45, 7) is 2.13. The molecule has 2 aromatic heterocycles. The molecule has 0 saturated carbocycles. The second kappa shape index (κ2) is 7.00. The fourth-order valence-corrected chi connectivity index (χ4v) is 5.93. The van der Waals surface area contributed by atoms with Gasteiger partial charge in [-0.05, 0) is 46.9 Å². The summed E-state index contributed by atoms with van der Waals surface area (Å²) in [7, 11) is 0. The standard InChI is InChI=1S/C30H26N2/c1-3-10-25-21(7-1)14-18-31-17-6-5-9-23-12-13-24-16-20-32-19-15-22-8-2-4-11-26(22)30(32)28(24)27(23)29(25)31/h1-4,7-8,10-15,18-19H,5-6,9,16-17,20H2/q+2. The number of hydrogen-bond donors (Lipinski definition) is 0.